The molecule has 460 valence electrons. The average molecular weight is 1250 g/mol. The van der Waals surface area contributed by atoms with Crippen molar-refractivity contribution in [2.45, 2.75) is 44.7 Å². The van der Waals surface area contributed by atoms with Gasteiger partial charge in [-0.2, -0.15) is 0 Å². The Morgan fingerprint density at radius 1 is 0.560 bits per heavy atom. The molecule has 0 fully saturated rings. The van der Waals surface area contributed by atoms with Crippen LogP contribution in [0.5, 0.6) is 0 Å². The van der Waals surface area contributed by atoms with E-state index in [1.165, 1.54) is 4.90 Å². The van der Waals surface area contributed by atoms with Crippen molar-refractivity contribution in [1.29, 1.82) is 0 Å². The van der Waals surface area contributed by atoms with E-state index in [1.54, 1.807) is 43.3 Å². The molecule has 0 aliphatic carbocycles. The first-order valence-electron chi connectivity index (χ1n) is 27.4. The van der Waals surface area contributed by atoms with Crippen LogP contribution < -0.4 is 28.1 Å². The number of nitrogens with zero attached hydrogens (tertiary/aromatic N) is 3. The number of carbonyl (C=O) groups is 4. The zero-order chi connectivity index (χ0) is 60.1. The molecule has 2 atom stereocenters. The number of imide groups is 1. The lowest BCUT2D eigenvalue weighted by Crippen LogP contribution is -2.33. The molecule has 3 heterocycles. The Hall–Kier alpha value is -5.18. The summed E-state index contributed by atoms with van der Waals surface area (Å²) in [6, 6.07) is 30.1. The number of amides is 4. The van der Waals surface area contributed by atoms with Gasteiger partial charge in [-0.3, -0.25) is 35.8 Å². The Bertz CT molecular complexity index is 2820. The second kappa shape index (κ2) is 38.8. The minimum Gasteiger partial charge on any atom is -0.412 e. The normalized spacial score (nSPS) is 15.2. The summed E-state index contributed by atoms with van der Waals surface area (Å²) < 4.78 is 32.6. The number of aliphatic hydroxyl groups excluding tert-OH is 1. The molecule has 11 N–H and O–H groups in total. The molecule has 24 heteroatoms. The van der Waals surface area contributed by atoms with Gasteiger partial charge in [0.15, 0.2) is 0 Å². The minimum atomic E-state index is -0.292. The highest BCUT2D eigenvalue weighted by atomic mass is 35.5. The fraction of sp³-hybridized carbons (Fsp3) is 0.433. The molecule has 8 rings (SSSR count). The van der Waals surface area contributed by atoms with Crippen molar-refractivity contribution in [2.75, 3.05) is 137 Å². The van der Waals surface area contributed by atoms with Crippen molar-refractivity contribution in [1.82, 2.24) is 14.7 Å². The SMILES string of the molecule is CCO.CN1Cc2c(Cl)cc(Cl)cc2C(c2cccc(NC(=O)CCOCCOCCOCCN)c2)C1.CN1Cc2c(Cl)cc(Cl)cc2C(c2cccc(NC(=O)CCOCCOCCOCCN3C(=O)c4ccccc4C3=O)c2)C1.NN.O. The predicted octanol–water partition coefficient (Wildman–Crippen LogP) is 7.15. The number of hydrogen-bond acceptors (Lipinski definition) is 16. The Morgan fingerprint density at radius 3 is 1.32 bits per heavy atom. The van der Waals surface area contributed by atoms with E-state index in [2.05, 4.69) is 58.3 Å². The minimum absolute atomic E-state index is 0. The predicted molar refractivity (Wildman–Crippen MR) is 329 cm³/mol. The number of nitrogens with two attached hydrogens (primary N) is 3. The molecular weight excluding hydrogens is 1170 g/mol. The number of hydrazine groups is 1. The summed E-state index contributed by atoms with van der Waals surface area (Å²) in [5, 5.41) is 16.1. The molecule has 5 aromatic carbocycles. The highest BCUT2D eigenvalue weighted by Gasteiger charge is 2.35. The maximum Gasteiger partial charge on any atom is 0.261 e. The summed E-state index contributed by atoms with van der Waals surface area (Å²) in [6.07, 6.45) is 0.482. The van der Waals surface area contributed by atoms with Gasteiger partial charge in [0.2, 0.25) is 11.8 Å². The third kappa shape index (κ3) is 22.6. The number of nitrogens with one attached hydrogen (secondary N) is 2. The summed E-state index contributed by atoms with van der Waals surface area (Å²) in [5.74, 6) is 7.38. The number of anilines is 2. The largest absolute Gasteiger partial charge is 0.412 e. The van der Waals surface area contributed by atoms with E-state index in [4.69, 9.17) is 85.7 Å². The molecule has 5 aromatic rings. The number of carbonyl (C=O) groups excluding carboxylic acids is 4. The Balaban J connectivity index is 0.000000340. The number of halogens is 4. The van der Waals surface area contributed by atoms with Gasteiger partial charge in [0, 0.05) is 82.6 Å². The van der Waals surface area contributed by atoms with E-state index in [1.807, 2.05) is 48.5 Å². The van der Waals surface area contributed by atoms with Crippen molar-refractivity contribution in [2.24, 2.45) is 17.4 Å². The molecule has 20 nitrogen and oxygen atoms in total. The highest BCUT2D eigenvalue weighted by molar-refractivity contribution is 6.36. The van der Waals surface area contributed by atoms with E-state index < -0.39 is 0 Å². The summed E-state index contributed by atoms with van der Waals surface area (Å²) in [6.45, 7) is 10.5. The smallest absolute Gasteiger partial charge is 0.261 e. The lowest BCUT2D eigenvalue weighted by Gasteiger charge is -2.33. The van der Waals surface area contributed by atoms with Gasteiger partial charge in [0.1, 0.15) is 0 Å². The first-order chi connectivity index (χ1) is 40.2. The second-order valence-corrected chi connectivity index (χ2v) is 21.0. The number of benzene rings is 5. The standard InChI is InChI=1S/C33H35Cl2N3O6.C25H33Cl2N3O4.C2H6O.H4N2.H2O/c1-37-20-28(27-18-23(34)19-30(35)29(27)21-37)22-5-4-6-24(17-22)36-31(39)9-11-42-13-15-44-16-14-43-12-10-38-32(40)25-7-2-3-8-26(25)33(38)41;1-30-16-22(21-14-19(26)15-24(27)23(21)17-30)18-3-2-4-20(13-18)29-25(31)5-7-32-9-11-34-12-10-33-8-6-28;1-2-3;1-2;/h2-8,17-19,28H,9-16,20-21H2,1H3,(H,36,39);2-4,13-15,22H,5-12,16-17,28H2,1H3,(H,29,31);3H,2H2,1H3;1-2H2;1H2. The maximum atomic E-state index is 12.5. The van der Waals surface area contributed by atoms with Gasteiger partial charge < -0.3 is 65.2 Å². The van der Waals surface area contributed by atoms with E-state index in [9.17, 15) is 19.2 Å². The van der Waals surface area contributed by atoms with Crippen LogP contribution >= 0.6 is 46.4 Å². The Labute approximate surface area is 512 Å². The molecule has 0 bridgehead atoms. The molecule has 0 aromatic heterocycles. The van der Waals surface area contributed by atoms with Crippen LogP contribution in [-0.4, -0.2) is 175 Å². The topological polar surface area (TPSA) is 287 Å². The molecule has 2 unspecified atom stereocenters. The third-order valence-corrected chi connectivity index (χ3v) is 14.3. The molecular formula is C60H80Cl4N8O12. The molecule has 4 amide bonds. The van der Waals surface area contributed by atoms with Crippen molar-refractivity contribution >= 4 is 81.4 Å². The number of rotatable bonds is 27. The lowest BCUT2D eigenvalue weighted by molar-refractivity contribution is -0.118. The van der Waals surface area contributed by atoms with E-state index in [0.717, 1.165) is 70.9 Å². The summed E-state index contributed by atoms with van der Waals surface area (Å²) >= 11 is 25.6. The summed E-state index contributed by atoms with van der Waals surface area (Å²) in [7, 11) is 4.14. The van der Waals surface area contributed by atoms with Crippen LogP contribution in [0, 0.1) is 0 Å². The van der Waals surface area contributed by atoms with Crippen molar-refractivity contribution in [3.63, 3.8) is 0 Å². The van der Waals surface area contributed by atoms with Gasteiger partial charge in [-0.15, -0.1) is 0 Å². The lowest BCUT2D eigenvalue weighted by atomic mass is 9.84. The first kappa shape index (κ1) is 71.3. The zero-order valence-electron chi connectivity index (χ0n) is 47.9. The van der Waals surface area contributed by atoms with Crippen LogP contribution in [-0.2, 0) is 51.1 Å². The molecule has 0 saturated carbocycles. The van der Waals surface area contributed by atoms with E-state index in [-0.39, 0.29) is 80.1 Å². The fourth-order valence-corrected chi connectivity index (χ4v) is 10.6. The van der Waals surface area contributed by atoms with E-state index in [0.29, 0.717) is 104 Å². The van der Waals surface area contributed by atoms with Crippen LogP contribution in [0.15, 0.2) is 97.1 Å². The van der Waals surface area contributed by atoms with Crippen molar-refractivity contribution in [3.05, 3.63) is 162 Å². The number of likely N-dealkylation sites (N-methyl/N-ethyl adjacent to an activating group) is 2. The van der Waals surface area contributed by atoms with Gasteiger partial charge in [0.05, 0.1) is 110 Å². The van der Waals surface area contributed by atoms with Gasteiger partial charge in [0.25, 0.3) is 11.8 Å². The fourth-order valence-electron chi connectivity index (χ4n) is 9.47. The first-order valence-corrected chi connectivity index (χ1v) is 28.9. The van der Waals surface area contributed by atoms with E-state index >= 15 is 0 Å². The van der Waals surface area contributed by atoms with Crippen molar-refractivity contribution in [3.8, 4) is 0 Å². The number of aliphatic hydroxyl groups is 1. The quantitative estimate of drug-likeness (QED) is 0.0132. The zero-order valence-corrected chi connectivity index (χ0v) is 50.9. The van der Waals surface area contributed by atoms with Gasteiger partial charge in [-0.25, -0.2) is 0 Å². The summed E-state index contributed by atoms with van der Waals surface area (Å²) in [5.41, 5.74) is 14.3. The number of hydrogen-bond donors (Lipinski definition) is 6. The van der Waals surface area contributed by atoms with Gasteiger partial charge in [-0.1, -0.05) is 82.8 Å². The van der Waals surface area contributed by atoms with Crippen LogP contribution in [0.1, 0.15) is 85.7 Å². The molecule has 0 saturated heterocycles. The molecule has 3 aliphatic heterocycles. The summed E-state index contributed by atoms with van der Waals surface area (Å²) in [4.78, 5) is 55.3. The molecule has 3 aliphatic rings. The molecule has 84 heavy (non-hydrogen) atoms. The monoisotopic (exact) mass is 1240 g/mol. The number of ether oxygens (including phenoxy) is 6. The van der Waals surface area contributed by atoms with Crippen molar-refractivity contribution < 1.29 is 58.2 Å². The number of fused-ring (bicyclic) bond motifs is 3. The average Bonchev–Trinajstić information content (AvgIpc) is 1.99. The van der Waals surface area contributed by atoms with Crippen LogP contribution in [0.3, 0.4) is 0 Å². The van der Waals surface area contributed by atoms with Crippen LogP contribution in [0.2, 0.25) is 20.1 Å². The molecule has 0 radical (unpaired) electrons. The molecule has 0 spiro atoms. The van der Waals surface area contributed by atoms with Gasteiger partial charge >= 0.3 is 0 Å². The van der Waals surface area contributed by atoms with Crippen LogP contribution in [0.25, 0.3) is 0 Å². The Morgan fingerprint density at radius 2 is 0.929 bits per heavy atom. The second-order valence-electron chi connectivity index (χ2n) is 19.3. The third-order valence-electron chi connectivity index (χ3n) is 13.2. The van der Waals surface area contributed by atoms with Crippen LogP contribution in [0.4, 0.5) is 11.4 Å². The van der Waals surface area contributed by atoms with Gasteiger partial charge in [-0.05, 0) is 115 Å². The Kier molecular flexibility index (Phi) is 32.9. The highest BCUT2D eigenvalue weighted by Crippen LogP contribution is 2.40. The maximum absolute atomic E-state index is 12.5.